The summed E-state index contributed by atoms with van der Waals surface area (Å²) in [7, 11) is 1.79. The molecule has 1 fully saturated rings. The Morgan fingerprint density at radius 1 is 1.25 bits per heavy atom. The second-order valence-electron chi connectivity index (χ2n) is 6.18. The number of nitrogens with one attached hydrogen (secondary N) is 1. The summed E-state index contributed by atoms with van der Waals surface area (Å²) in [5.74, 6) is -0.0602. The van der Waals surface area contributed by atoms with E-state index >= 15 is 0 Å². The molecule has 0 radical (unpaired) electrons. The number of ether oxygens (including phenoxy) is 1. The number of rotatable bonds is 6. The summed E-state index contributed by atoms with van der Waals surface area (Å²) < 4.78 is 5.25. The van der Waals surface area contributed by atoms with Crippen LogP contribution >= 0.6 is 0 Å². The number of aryl methyl sites for hydroxylation is 2. The second kappa shape index (κ2) is 8.80. The number of morpholine rings is 1. The van der Waals surface area contributed by atoms with E-state index in [1.165, 1.54) is 0 Å². The molecule has 1 N–H and O–H groups in total. The molecule has 0 aromatic heterocycles. The van der Waals surface area contributed by atoms with Crippen LogP contribution in [-0.4, -0.2) is 68.1 Å². The van der Waals surface area contributed by atoms with Crippen molar-refractivity contribution >= 4 is 17.5 Å². The molecule has 2 rings (SSSR count). The second-order valence-corrected chi connectivity index (χ2v) is 6.18. The van der Waals surface area contributed by atoms with Crippen molar-refractivity contribution in [1.82, 2.24) is 9.80 Å². The van der Waals surface area contributed by atoms with Gasteiger partial charge in [-0.2, -0.15) is 0 Å². The van der Waals surface area contributed by atoms with Gasteiger partial charge in [0.15, 0.2) is 0 Å². The van der Waals surface area contributed by atoms with Gasteiger partial charge >= 0.3 is 0 Å². The van der Waals surface area contributed by atoms with Crippen LogP contribution in [0.2, 0.25) is 0 Å². The van der Waals surface area contributed by atoms with Crippen LogP contribution in [0.5, 0.6) is 0 Å². The highest BCUT2D eigenvalue weighted by Gasteiger charge is 2.19. The lowest BCUT2D eigenvalue weighted by molar-refractivity contribution is -0.136. The number of nitrogens with zero attached hydrogens (tertiary/aromatic N) is 2. The van der Waals surface area contributed by atoms with E-state index < -0.39 is 0 Å². The average Bonchev–Trinajstić information content (AvgIpc) is 2.57. The molecular weight excluding hydrogens is 306 g/mol. The Morgan fingerprint density at radius 2 is 1.96 bits per heavy atom. The third kappa shape index (κ3) is 5.04. The Balaban J connectivity index is 1.86. The van der Waals surface area contributed by atoms with E-state index in [0.29, 0.717) is 26.3 Å². The molecule has 1 saturated heterocycles. The fourth-order valence-corrected chi connectivity index (χ4v) is 2.83. The lowest BCUT2D eigenvalue weighted by Crippen LogP contribution is -2.46. The fourth-order valence-electron chi connectivity index (χ4n) is 2.83. The van der Waals surface area contributed by atoms with Crippen LogP contribution in [0, 0.1) is 6.92 Å². The molecule has 1 aliphatic rings. The van der Waals surface area contributed by atoms with Gasteiger partial charge in [-0.3, -0.25) is 14.5 Å². The standard InChI is InChI=1S/C18H27N3O3/c1-4-15-7-5-6-14(2)18(15)19-16(22)12-20(3)13-17(23)21-8-10-24-11-9-21/h5-7H,4,8-13H2,1-3H3,(H,19,22). The Labute approximate surface area is 143 Å². The minimum absolute atomic E-state index is 0.0405. The Bertz CT molecular complexity index is 583. The molecule has 0 spiro atoms. The van der Waals surface area contributed by atoms with Crippen molar-refractivity contribution in [3.63, 3.8) is 0 Å². The van der Waals surface area contributed by atoms with Crippen LogP contribution < -0.4 is 5.32 Å². The van der Waals surface area contributed by atoms with Crippen LogP contribution in [-0.2, 0) is 20.7 Å². The van der Waals surface area contributed by atoms with Gasteiger partial charge in [-0.1, -0.05) is 25.1 Å². The minimum atomic E-state index is -0.101. The van der Waals surface area contributed by atoms with Gasteiger partial charge in [-0.25, -0.2) is 0 Å². The Morgan fingerprint density at radius 3 is 2.62 bits per heavy atom. The lowest BCUT2D eigenvalue weighted by Gasteiger charge is -2.28. The average molecular weight is 333 g/mol. The zero-order valence-corrected chi connectivity index (χ0v) is 14.8. The molecular formula is C18H27N3O3. The van der Waals surface area contributed by atoms with Gasteiger partial charge in [0, 0.05) is 18.8 Å². The molecule has 1 aromatic rings. The van der Waals surface area contributed by atoms with Crippen LogP contribution in [0.25, 0.3) is 0 Å². The predicted octanol–water partition coefficient (Wildman–Crippen LogP) is 1.29. The van der Waals surface area contributed by atoms with Crippen molar-refractivity contribution in [2.75, 3.05) is 51.8 Å². The topological polar surface area (TPSA) is 61.9 Å². The van der Waals surface area contributed by atoms with Crippen molar-refractivity contribution in [2.45, 2.75) is 20.3 Å². The SMILES string of the molecule is CCc1cccc(C)c1NC(=O)CN(C)CC(=O)N1CCOCC1. The monoisotopic (exact) mass is 333 g/mol. The minimum Gasteiger partial charge on any atom is -0.378 e. The number of carbonyl (C=O) groups excluding carboxylic acids is 2. The molecule has 6 nitrogen and oxygen atoms in total. The zero-order valence-electron chi connectivity index (χ0n) is 14.8. The number of carbonyl (C=O) groups is 2. The van der Waals surface area contributed by atoms with E-state index in [-0.39, 0.29) is 24.9 Å². The highest BCUT2D eigenvalue weighted by molar-refractivity contribution is 5.94. The number of anilines is 1. The van der Waals surface area contributed by atoms with Crippen molar-refractivity contribution in [3.05, 3.63) is 29.3 Å². The lowest BCUT2D eigenvalue weighted by atomic mass is 10.1. The summed E-state index contributed by atoms with van der Waals surface area (Å²) in [5.41, 5.74) is 3.06. The van der Waals surface area contributed by atoms with E-state index in [1.807, 2.05) is 25.1 Å². The molecule has 1 aliphatic heterocycles. The third-order valence-electron chi connectivity index (χ3n) is 4.19. The highest BCUT2D eigenvalue weighted by Crippen LogP contribution is 2.20. The summed E-state index contributed by atoms with van der Waals surface area (Å²) in [5, 5.41) is 2.99. The molecule has 132 valence electrons. The first-order valence-corrected chi connectivity index (χ1v) is 8.43. The zero-order chi connectivity index (χ0) is 17.5. The molecule has 0 atom stereocenters. The molecule has 0 aliphatic carbocycles. The largest absolute Gasteiger partial charge is 0.378 e. The van der Waals surface area contributed by atoms with Gasteiger partial charge in [0.1, 0.15) is 0 Å². The summed E-state index contributed by atoms with van der Waals surface area (Å²) in [4.78, 5) is 28.0. The summed E-state index contributed by atoms with van der Waals surface area (Å²) in [6.07, 6.45) is 0.864. The van der Waals surface area contributed by atoms with Gasteiger partial charge in [-0.15, -0.1) is 0 Å². The number of benzene rings is 1. The highest BCUT2D eigenvalue weighted by atomic mass is 16.5. The Kier molecular flexibility index (Phi) is 6.75. The van der Waals surface area contributed by atoms with Crippen LogP contribution in [0.3, 0.4) is 0 Å². The van der Waals surface area contributed by atoms with Gasteiger partial charge in [0.25, 0.3) is 0 Å². The van der Waals surface area contributed by atoms with Crippen molar-refractivity contribution in [2.24, 2.45) is 0 Å². The van der Waals surface area contributed by atoms with Gasteiger partial charge < -0.3 is 15.0 Å². The molecule has 0 bridgehead atoms. The van der Waals surface area contributed by atoms with Crippen molar-refractivity contribution < 1.29 is 14.3 Å². The molecule has 1 heterocycles. The van der Waals surface area contributed by atoms with Crippen LogP contribution in [0.15, 0.2) is 18.2 Å². The number of hydrogen-bond acceptors (Lipinski definition) is 4. The first kappa shape index (κ1) is 18.4. The number of para-hydroxylation sites is 1. The molecule has 2 amide bonds. The number of likely N-dealkylation sites (N-methyl/N-ethyl adjacent to an activating group) is 1. The van der Waals surface area contributed by atoms with Gasteiger partial charge in [0.2, 0.25) is 11.8 Å². The number of amides is 2. The maximum Gasteiger partial charge on any atom is 0.238 e. The van der Waals surface area contributed by atoms with Crippen LogP contribution in [0.4, 0.5) is 5.69 Å². The molecule has 0 saturated carbocycles. The summed E-state index contributed by atoms with van der Waals surface area (Å²) in [6.45, 7) is 6.91. The molecule has 6 heteroatoms. The maximum atomic E-state index is 12.3. The van der Waals surface area contributed by atoms with Crippen molar-refractivity contribution in [1.29, 1.82) is 0 Å². The van der Waals surface area contributed by atoms with Crippen LogP contribution in [0.1, 0.15) is 18.1 Å². The molecule has 1 aromatic carbocycles. The van der Waals surface area contributed by atoms with E-state index in [9.17, 15) is 9.59 Å². The summed E-state index contributed by atoms with van der Waals surface area (Å²) >= 11 is 0. The fraction of sp³-hybridized carbons (Fsp3) is 0.556. The van der Waals surface area contributed by atoms with Gasteiger partial charge in [0.05, 0.1) is 26.3 Å². The Hall–Kier alpha value is -1.92. The summed E-state index contributed by atoms with van der Waals surface area (Å²) in [6, 6.07) is 6.01. The van der Waals surface area contributed by atoms with Gasteiger partial charge in [-0.05, 0) is 31.5 Å². The first-order valence-electron chi connectivity index (χ1n) is 8.43. The van der Waals surface area contributed by atoms with E-state index in [2.05, 4.69) is 12.2 Å². The van der Waals surface area contributed by atoms with E-state index in [4.69, 9.17) is 4.74 Å². The van der Waals surface area contributed by atoms with E-state index in [0.717, 1.165) is 23.2 Å². The third-order valence-corrected chi connectivity index (χ3v) is 4.19. The molecule has 24 heavy (non-hydrogen) atoms. The normalized spacial score (nSPS) is 14.8. The van der Waals surface area contributed by atoms with E-state index in [1.54, 1.807) is 16.8 Å². The first-order chi connectivity index (χ1) is 11.5. The quantitative estimate of drug-likeness (QED) is 0.852. The number of hydrogen-bond donors (Lipinski definition) is 1. The molecule has 0 unspecified atom stereocenters. The smallest absolute Gasteiger partial charge is 0.238 e. The van der Waals surface area contributed by atoms with Crippen molar-refractivity contribution in [3.8, 4) is 0 Å². The maximum absolute atomic E-state index is 12.3. The predicted molar refractivity (Wildman–Crippen MR) is 94.1 cm³/mol.